The number of nitrogens with zero attached hydrogens (tertiary/aromatic N) is 1. The molecule has 10 heteroatoms. The molecular weight excluding hydrogens is 437 g/mol. The van der Waals surface area contributed by atoms with Crippen molar-refractivity contribution in [1.29, 1.82) is 5.41 Å². The molecule has 34 heavy (non-hydrogen) atoms. The maximum absolute atomic E-state index is 15.8. The van der Waals surface area contributed by atoms with E-state index in [0.29, 0.717) is 23.4 Å². The Kier molecular flexibility index (Phi) is 7.98. The highest BCUT2D eigenvalue weighted by molar-refractivity contribution is 5.95. The molecule has 0 saturated carbocycles. The highest BCUT2D eigenvalue weighted by Gasteiger charge is 2.42. The number of carbonyl (C=O) groups excluding carboxylic acids is 2. The number of nitrogen functional groups attached to an aromatic ring is 2. The first-order valence-electron chi connectivity index (χ1n) is 10.9. The summed E-state index contributed by atoms with van der Waals surface area (Å²) in [5.41, 5.74) is 16.6. The van der Waals surface area contributed by atoms with Crippen LogP contribution in [0.15, 0.2) is 54.4 Å². The van der Waals surface area contributed by atoms with E-state index in [1.54, 1.807) is 55.6 Å². The number of amides is 2. The molecule has 0 fully saturated rings. The lowest BCUT2D eigenvalue weighted by atomic mass is 9.87. The Labute approximate surface area is 197 Å². The molecule has 2 aromatic rings. The SMILES string of the molecule is CCNN(C)C1C(=O)NC(c2cccc(N)c2)=C(F)C1CC(=O)NCc1ccc(C(=N)N)cc1. The van der Waals surface area contributed by atoms with Gasteiger partial charge in [-0.1, -0.05) is 43.3 Å². The van der Waals surface area contributed by atoms with Gasteiger partial charge in [-0.3, -0.25) is 20.4 Å². The molecule has 2 aromatic carbocycles. The molecule has 0 radical (unpaired) electrons. The average Bonchev–Trinajstić information content (AvgIpc) is 2.80. The van der Waals surface area contributed by atoms with E-state index >= 15 is 4.39 Å². The maximum atomic E-state index is 15.8. The predicted octanol–water partition coefficient (Wildman–Crippen LogP) is 1.47. The minimum Gasteiger partial charge on any atom is -0.399 e. The van der Waals surface area contributed by atoms with Crippen molar-refractivity contribution in [3.63, 3.8) is 0 Å². The number of halogens is 1. The Bertz CT molecular complexity index is 1100. The molecule has 3 rings (SSSR count). The second kappa shape index (κ2) is 10.9. The van der Waals surface area contributed by atoms with E-state index in [9.17, 15) is 9.59 Å². The zero-order valence-corrected chi connectivity index (χ0v) is 19.2. The minimum absolute atomic E-state index is 0.0241. The Morgan fingerprint density at radius 1 is 1.24 bits per heavy atom. The maximum Gasteiger partial charge on any atom is 0.243 e. The zero-order chi connectivity index (χ0) is 24.8. The number of nitrogens with one attached hydrogen (secondary N) is 4. The Morgan fingerprint density at radius 3 is 2.56 bits per heavy atom. The van der Waals surface area contributed by atoms with Crippen molar-refractivity contribution < 1.29 is 14.0 Å². The quantitative estimate of drug-likeness (QED) is 0.142. The molecule has 0 aromatic heterocycles. The summed E-state index contributed by atoms with van der Waals surface area (Å²) in [6.45, 7) is 2.61. The fraction of sp³-hybridized carbons (Fsp3) is 0.292. The number of anilines is 1. The van der Waals surface area contributed by atoms with Crippen molar-refractivity contribution in [2.24, 2.45) is 11.7 Å². The van der Waals surface area contributed by atoms with Crippen molar-refractivity contribution >= 4 is 29.0 Å². The van der Waals surface area contributed by atoms with Crippen molar-refractivity contribution in [2.75, 3.05) is 19.3 Å². The molecule has 2 unspecified atom stereocenters. The molecular formula is C24H30FN7O2. The first-order chi connectivity index (χ1) is 16.2. The fourth-order valence-corrected chi connectivity index (χ4v) is 3.94. The summed E-state index contributed by atoms with van der Waals surface area (Å²) < 4.78 is 15.8. The van der Waals surface area contributed by atoms with Crippen LogP contribution in [0, 0.1) is 11.3 Å². The number of likely N-dealkylation sites (N-methyl/N-ethyl adjacent to an activating group) is 1. The molecule has 8 N–H and O–H groups in total. The smallest absolute Gasteiger partial charge is 0.243 e. The Balaban J connectivity index is 1.82. The number of hydrazine groups is 1. The summed E-state index contributed by atoms with van der Waals surface area (Å²) in [5, 5.41) is 14.4. The highest BCUT2D eigenvalue weighted by Crippen LogP contribution is 2.34. The summed E-state index contributed by atoms with van der Waals surface area (Å²) in [5.74, 6) is -2.44. The zero-order valence-electron chi connectivity index (χ0n) is 19.2. The number of carbonyl (C=O) groups is 2. The molecule has 0 spiro atoms. The predicted molar refractivity (Wildman–Crippen MR) is 130 cm³/mol. The van der Waals surface area contributed by atoms with Gasteiger partial charge in [0.2, 0.25) is 11.8 Å². The van der Waals surface area contributed by atoms with E-state index in [0.717, 1.165) is 5.56 Å². The first-order valence-corrected chi connectivity index (χ1v) is 10.9. The van der Waals surface area contributed by atoms with Gasteiger partial charge in [0.15, 0.2) is 0 Å². The Hall–Kier alpha value is -3.76. The van der Waals surface area contributed by atoms with Crippen molar-refractivity contribution in [3.8, 4) is 0 Å². The van der Waals surface area contributed by atoms with Gasteiger partial charge in [-0.2, -0.15) is 0 Å². The van der Waals surface area contributed by atoms with Gasteiger partial charge < -0.3 is 22.1 Å². The highest BCUT2D eigenvalue weighted by atomic mass is 19.1. The number of rotatable bonds is 9. The lowest BCUT2D eigenvalue weighted by Crippen LogP contribution is -2.57. The van der Waals surface area contributed by atoms with Crippen LogP contribution in [-0.2, 0) is 16.1 Å². The summed E-state index contributed by atoms with van der Waals surface area (Å²) >= 11 is 0. The van der Waals surface area contributed by atoms with Crippen LogP contribution >= 0.6 is 0 Å². The molecule has 9 nitrogen and oxygen atoms in total. The number of amidine groups is 1. The van der Waals surface area contributed by atoms with Crippen LogP contribution < -0.4 is 27.5 Å². The molecule has 0 aliphatic carbocycles. The van der Waals surface area contributed by atoms with E-state index in [-0.39, 0.29) is 24.5 Å². The Morgan fingerprint density at radius 2 is 1.94 bits per heavy atom. The monoisotopic (exact) mass is 467 g/mol. The molecule has 2 atom stereocenters. The van der Waals surface area contributed by atoms with E-state index < -0.39 is 29.6 Å². The van der Waals surface area contributed by atoms with E-state index in [4.69, 9.17) is 16.9 Å². The van der Waals surface area contributed by atoms with Crippen molar-refractivity contribution in [3.05, 3.63) is 71.0 Å². The van der Waals surface area contributed by atoms with Crippen LogP contribution in [0.25, 0.3) is 5.70 Å². The van der Waals surface area contributed by atoms with E-state index in [2.05, 4.69) is 16.1 Å². The minimum atomic E-state index is -1.01. The fourth-order valence-electron chi connectivity index (χ4n) is 3.94. The molecule has 0 saturated heterocycles. The lowest BCUT2D eigenvalue weighted by molar-refractivity contribution is -0.130. The average molecular weight is 468 g/mol. The third-order valence-corrected chi connectivity index (χ3v) is 5.62. The van der Waals surface area contributed by atoms with Gasteiger partial charge in [0, 0.05) is 49.3 Å². The number of hydrogen-bond donors (Lipinski definition) is 6. The van der Waals surface area contributed by atoms with Crippen molar-refractivity contribution in [1.82, 2.24) is 21.1 Å². The van der Waals surface area contributed by atoms with E-state index in [1.165, 1.54) is 5.01 Å². The van der Waals surface area contributed by atoms with Crippen LogP contribution in [0.4, 0.5) is 10.1 Å². The largest absolute Gasteiger partial charge is 0.399 e. The summed E-state index contributed by atoms with van der Waals surface area (Å²) in [7, 11) is 1.65. The van der Waals surface area contributed by atoms with Gasteiger partial charge in [-0.05, 0) is 17.7 Å². The number of hydrogen-bond acceptors (Lipinski definition) is 6. The van der Waals surface area contributed by atoms with Gasteiger partial charge >= 0.3 is 0 Å². The summed E-state index contributed by atoms with van der Waals surface area (Å²) in [6, 6.07) is 12.5. The lowest BCUT2D eigenvalue weighted by Gasteiger charge is -2.37. The third-order valence-electron chi connectivity index (χ3n) is 5.62. The molecule has 1 heterocycles. The molecule has 0 bridgehead atoms. The van der Waals surface area contributed by atoms with Gasteiger partial charge in [0.25, 0.3) is 0 Å². The third kappa shape index (κ3) is 5.77. The first kappa shape index (κ1) is 24.9. The van der Waals surface area contributed by atoms with Gasteiger partial charge in [-0.25, -0.2) is 9.40 Å². The van der Waals surface area contributed by atoms with Crippen LogP contribution in [0.3, 0.4) is 0 Å². The van der Waals surface area contributed by atoms with Crippen LogP contribution in [0.5, 0.6) is 0 Å². The second-order valence-corrected chi connectivity index (χ2v) is 8.10. The topological polar surface area (TPSA) is 149 Å². The van der Waals surface area contributed by atoms with Gasteiger partial charge in [0.05, 0.1) is 5.70 Å². The molecule has 180 valence electrons. The summed E-state index contributed by atoms with van der Waals surface area (Å²) in [4.78, 5) is 25.8. The molecule has 2 amide bonds. The van der Waals surface area contributed by atoms with Crippen molar-refractivity contribution in [2.45, 2.75) is 25.9 Å². The van der Waals surface area contributed by atoms with Crippen LogP contribution in [0.1, 0.15) is 30.0 Å². The molecule has 1 aliphatic heterocycles. The second-order valence-electron chi connectivity index (χ2n) is 8.10. The molecule has 1 aliphatic rings. The number of benzene rings is 2. The number of nitrogens with two attached hydrogens (primary N) is 2. The van der Waals surface area contributed by atoms with E-state index in [1.807, 2.05) is 6.92 Å². The summed E-state index contributed by atoms with van der Waals surface area (Å²) in [6.07, 6.45) is -0.225. The normalized spacial score (nSPS) is 18.1. The van der Waals surface area contributed by atoms with Crippen LogP contribution in [-0.4, -0.2) is 42.3 Å². The van der Waals surface area contributed by atoms with Gasteiger partial charge in [-0.15, -0.1) is 0 Å². The standard InChI is InChI=1S/C24H30FN7O2/c1-3-30-32(2)22-18(12-19(33)29-13-14-7-9-15(10-8-14)23(27)28)20(25)21(31-24(22)34)16-5-4-6-17(26)11-16/h4-11,18,22,30H,3,12-13,26H2,1-2H3,(H3,27,28)(H,29,33)(H,31,34). The van der Waals surface area contributed by atoms with Gasteiger partial charge in [0.1, 0.15) is 17.7 Å². The van der Waals surface area contributed by atoms with Crippen LogP contribution in [0.2, 0.25) is 0 Å².